The van der Waals surface area contributed by atoms with Gasteiger partial charge in [-0.2, -0.15) is 0 Å². The Morgan fingerprint density at radius 2 is 2.06 bits per heavy atom. The number of halogens is 2. The highest BCUT2D eigenvalue weighted by Crippen LogP contribution is 2.24. The number of hydrogen-bond acceptors (Lipinski definition) is 2. The Kier molecular flexibility index (Phi) is 3.19. The number of rotatable bonds is 2. The van der Waals surface area contributed by atoms with E-state index in [0.717, 1.165) is 0 Å². The molecular formula is C12H7BrFNO2. The van der Waals surface area contributed by atoms with Gasteiger partial charge in [-0.25, -0.2) is 14.2 Å². The third-order valence-corrected chi connectivity index (χ3v) is 2.67. The minimum atomic E-state index is -1.14. The van der Waals surface area contributed by atoms with Crippen molar-refractivity contribution in [2.24, 2.45) is 0 Å². The summed E-state index contributed by atoms with van der Waals surface area (Å²) in [5.74, 6) is -1.58. The van der Waals surface area contributed by atoms with Crippen LogP contribution >= 0.6 is 15.9 Å². The molecule has 86 valence electrons. The quantitative estimate of drug-likeness (QED) is 0.924. The van der Waals surface area contributed by atoms with Crippen LogP contribution in [-0.4, -0.2) is 16.1 Å². The fourth-order valence-electron chi connectivity index (χ4n) is 1.40. The van der Waals surface area contributed by atoms with Gasteiger partial charge in [-0.1, -0.05) is 22.0 Å². The number of aromatic carboxylic acids is 1. The molecule has 0 spiro atoms. The molecule has 0 amide bonds. The average molecular weight is 296 g/mol. The minimum absolute atomic E-state index is 0.109. The van der Waals surface area contributed by atoms with E-state index in [1.807, 2.05) is 0 Å². The van der Waals surface area contributed by atoms with Crippen molar-refractivity contribution in [2.75, 3.05) is 0 Å². The summed E-state index contributed by atoms with van der Waals surface area (Å²) in [6.45, 7) is 0. The van der Waals surface area contributed by atoms with E-state index in [4.69, 9.17) is 5.11 Å². The second kappa shape index (κ2) is 4.63. The van der Waals surface area contributed by atoms with Gasteiger partial charge in [-0.15, -0.1) is 0 Å². The van der Waals surface area contributed by atoms with Gasteiger partial charge in [0.2, 0.25) is 0 Å². The monoisotopic (exact) mass is 295 g/mol. The van der Waals surface area contributed by atoms with Gasteiger partial charge < -0.3 is 5.11 Å². The SMILES string of the molecule is O=C(O)c1cccc(-c2cc(Br)ccc2F)n1. The zero-order chi connectivity index (χ0) is 12.4. The van der Waals surface area contributed by atoms with Crippen LogP contribution in [0.15, 0.2) is 40.9 Å². The fraction of sp³-hybridized carbons (Fsp3) is 0. The average Bonchev–Trinajstić information content (AvgIpc) is 2.32. The van der Waals surface area contributed by atoms with Crippen molar-refractivity contribution in [1.29, 1.82) is 0 Å². The number of carbonyl (C=O) groups is 1. The molecule has 1 aromatic carbocycles. The highest BCUT2D eigenvalue weighted by atomic mass is 79.9. The van der Waals surface area contributed by atoms with E-state index in [-0.39, 0.29) is 11.3 Å². The Morgan fingerprint density at radius 3 is 2.76 bits per heavy atom. The summed E-state index contributed by atoms with van der Waals surface area (Å²) in [6.07, 6.45) is 0. The Balaban J connectivity index is 2.56. The molecule has 0 unspecified atom stereocenters. The van der Waals surface area contributed by atoms with Crippen molar-refractivity contribution in [3.05, 3.63) is 52.4 Å². The number of benzene rings is 1. The lowest BCUT2D eigenvalue weighted by Gasteiger charge is -2.04. The summed E-state index contributed by atoms with van der Waals surface area (Å²) in [4.78, 5) is 14.7. The van der Waals surface area contributed by atoms with Crippen molar-refractivity contribution >= 4 is 21.9 Å². The van der Waals surface area contributed by atoms with E-state index in [1.165, 1.54) is 18.2 Å². The number of nitrogens with zero attached hydrogens (tertiary/aromatic N) is 1. The fourth-order valence-corrected chi connectivity index (χ4v) is 1.76. The molecule has 1 N–H and O–H groups in total. The Morgan fingerprint density at radius 1 is 1.29 bits per heavy atom. The lowest BCUT2D eigenvalue weighted by atomic mass is 10.1. The Bertz CT molecular complexity index is 586. The molecule has 0 aliphatic rings. The predicted molar refractivity (Wildman–Crippen MR) is 64.3 cm³/mol. The highest BCUT2D eigenvalue weighted by Gasteiger charge is 2.10. The van der Waals surface area contributed by atoms with Gasteiger partial charge in [0.05, 0.1) is 5.69 Å². The zero-order valence-electron chi connectivity index (χ0n) is 8.52. The van der Waals surface area contributed by atoms with E-state index < -0.39 is 11.8 Å². The standard InChI is InChI=1S/C12H7BrFNO2/c13-7-4-5-9(14)8(6-7)10-2-1-3-11(15-10)12(16)17/h1-6H,(H,16,17). The van der Waals surface area contributed by atoms with Crippen LogP contribution in [0.25, 0.3) is 11.3 Å². The van der Waals surface area contributed by atoms with Crippen LogP contribution in [0.3, 0.4) is 0 Å². The van der Waals surface area contributed by atoms with Crippen molar-refractivity contribution in [3.8, 4) is 11.3 Å². The predicted octanol–water partition coefficient (Wildman–Crippen LogP) is 3.35. The third-order valence-electron chi connectivity index (χ3n) is 2.17. The van der Waals surface area contributed by atoms with Crippen molar-refractivity contribution < 1.29 is 14.3 Å². The van der Waals surface area contributed by atoms with Gasteiger partial charge >= 0.3 is 5.97 Å². The van der Waals surface area contributed by atoms with Crippen LogP contribution in [-0.2, 0) is 0 Å². The van der Waals surface area contributed by atoms with E-state index in [2.05, 4.69) is 20.9 Å². The molecule has 0 fully saturated rings. The first-order chi connectivity index (χ1) is 8.08. The normalized spacial score (nSPS) is 10.2. The summed E-state index contributed by atoms with van der Waals surface area (Å²) in [5, 5.41) is 8.81. The molecule has 0 radical (unpaired) electrons. The molecule has 2 rings (SSSR count). The van der Waals surface area contributed by atoms with E-state index >= 15 is 0 Å². The number of pyridine rings is 1. The number of carboxylic acids is 1. The molecule has 17 heavy (non-hydrogen) atoms. The van der Waals surface area contributed by atoms with Crippen LogP contribution in [0.5, 0.6) is 0 Å². The molecule has 0 atom stereocenters. The van der Waals surface area contributed by atoms with Gasteiger partial charge in [-0.05, 0) is 30.3 Å². The second-order valence-corrected chi connectivity index (χ2v) is 4.25. The maximum Gasteiger partial charge on any atom is 0.354 e. The molecule has 1 aromatic heterocycles. The highest BCUT2D eigenvalue weighted by molar-refractivity contribution is 9.10. The third kappa shape index (κ3) is 2.50. The smallest absolute Gasteiger partial charge is 0.354 e. The number of hydrogen-bond donors (Lipinski definition) is 1. The molecule has 0 saturated heterocycles. The maximum atomic E-state index is 13.6. The summed E-state index contributed by atoms with van der Waals surface area (Å²) in [6, 6.07) is 8.89. The van der Waals surface area contributed by atoms with Crippen molar-refractivity contribution in [1.82, 2.24) is 4.98 Å². The molecule has 3 nitrogen and oxygen atoms in total. The van der Waals surface area contributed by atoms with Crippen LogP contribution in [0.4, 0.5) is 4.39 Å². The maximum absolute atomic E-state index is 13.6. The lowest BCUT2D eigenvalue weighted by molar-refractivity contribution is 0.0690. The molecule has 1 heterocycles. The first-order valence-corrected chi connectivity index (χ1v) is 5.53. The second-order valence-electron chi connectivity index (χ2n) is 3.34. The summed E-state index contributed by atoms with van der Waals surface area (Å²) in [7, 11) is 0. The van der Waals surface area contributed by atoms with E-state index in [9.17, 15) is 9.18 Å². The van der Waals surface area contributed by atoms with Gasteiger partial charge in [0.15, 0.2) is 0 Å². The molecule has 2 aromatic rings. The van der Waals surface area contributed by atoms with Gasteiger partial charge in [0.1, 0.15) is 11.5 Å². The number of carboxylic acid groups (broad SMARTS) is 1. The summed E-state index contributed by atoms with van der Waals surface area (Å²) in [5.41, 5.74) is 0.452. The van der Waals surface area contributed by atoms with E-state index in [1.54, 1.807) is 18.2 Å². The van der Waals surface area contributed by atoms with Gasteiger partial charge in [0, 0.05) is 10.0 Å². The zero-order valence-corrected chi connectivity index (χ0v) is 10.1. The van der Waals surface area contributed by atoms with Crippen LogP contribution in [0, 0.1) is 5.82 Å². The van der Waals surface area contributed by atoms with Crippen LogP contribution in [0.1, 0.15) is 10.5 Å². The molecule has 5 heteroatoms. The molecule has 0 aliphatic heterocycles. The number of aromatic nitrogens is 1. The first-order valence-electron chi connectivity index (χ1n) is 4.73. The topological polar surface area (TPSA) is 50.2 Å². The summed E-state index contributed by atoms with van der Waals surface area (Å²) >= 11 is 3.23. The minimum Gasteiger partial charge on any atom is -0.477 e. The largest absolute Gasteiger partial charge is 0.477 e. The Labute approximate surface area is 105 Å². The molecule has 0 bridgehead atoms. The summed E-state index contributed by atoms with van der Waals surface area (Å²) < 4.78 is 14.3. The van der Waals surface area contributed by atoms with Crippen LogP contribution < -0.4 is 0 Å². The molecule has 0 aliphatic carbocycles. The van der Waals surface area contributed by atoms with E-state index in [0.29, 0.717) is 10.2 Å². The first kappa shape index (κ1) is 11.7. The van der Waals surface area contributed by atoms with Crippen LogP contribution in [0.2, 0.25) is 0 Å². The lowest BCUT2D eigenvalue weighted by Crippen LogP contribution is -2.01. The molecule has 0 saturated carbocycles. The van der Waals surface area contributed by atoms with Crippen molar-refractivity contribution in [3.63, 3.8) is 0 Å². The van der Waals surface area contributed by atoms with Crippen molar-refractivity contribution in [2.45, 2.75) is 0 Å². The van der Waals surface area contributed by atoms with Gasteiger partial charge in [-0.3, -0.25) is 0 Å². The molecular weight excluding hydrogens is 289 g/mol. The van der Waals surface area contributed by atoms with Gasteiger partial charge in [0.25, 0.3) is 0 Å². The Hall–Kier alpha value is -1.75.